The van der Waals surface area contributed by atoms with Gasteiger partial charge < -0.3 is 0 Å². The van der Waals surface area contributed by atoms with Gasteiger partial charge in [0, 0.05) is 12.0 Å². The molecule has 0 bridgehead atoms. The molecule has 0 aromatic rings. The van der Waals surface area contributed by atoms with E-state index >= 15 is 0 Å². The van der Waals surface area contributed by atoms with Crippen LogP contribution in [0, 0.1) is 0 Å². The molecule has 0 amide bonds. The summed E-state index contributed by atoms with van der Waals surface area (Å²) < 4.78 is 0. The normalized spacial score (nSPS) is 8.60. The van der Waals surface area contributed by atoms with Crippen LogP contribution in [0.15, 0.2) is 0 Å². The van der Waals surface area contributed by atoms with Gasteiger partial charge in [-0.05, 0) is 0 Å². The molecule has 58 valence electrons. The summed E-state index contributed by atoms with van der Waals surface area (Å²) >= 11 is 4.97. The van der Waals surface area contributed by atoms with Crippen molar-refractivity contribution >= 4 is 23.5 Å². The Hall–Kier alpha value is -0.810. The summed E-state index contributed by atoms with van der Waals surface area (Å²) in [5.41, 5.74) is 0. The predicted octanol–water partition coefficient (Wildman–Crippen LogP) is 0.178. The molecule has 0 N–H and O–H groups in total. The van der Waals surface area contributed by atoms with E-state index in [1.54, 1.807) is 0 Å². The second-order valence-corrected chi connectivity index (χ2v) is 1.50. The van der Waals surface area contributed by atoms with Gasteiger partial charge in [0.05, 0.1) is 0 Å². The van der Waals surface area contributed by atoms with E-state index in [1.807, 2.05) is 0 Å². The first-order chi connectivity index (χ1) is 4.66. The van der Waals surface area contributed by atoms with Gasteiger partial charge in [-0.15, -0.1) is 11.6 Å². The third kappa shape index (κ3) is 5.33. The molecular weight excluding hydrogens is 163 g/mol. The lowest BCUT2D eigenvalue weighted by Gasteiger charge is -1.95. The molecule has 0 aromatic heterocycles. The molecule has 6 heteroatoms. The average molecular weight is 169 g/mol. The molecular formula is C4H5ClO5. The Morgan fingerprint density at radius 2 is 2.00 bits per heavy atom. The van der Waals surface area contributed by atoms with Gasteiger partial charge in [-0.2, -0.15) is 0 Å². The number of hydrogen-bond acceptors (Lipinski definition) is 5. The molecule has 0 fully saturated rings. The van der Waals surface area contributed by atoms with Crippen molar-refractivity contribution in [1.29, 1.82) is 0 Å². The molecule has 10 heavy (non-hydrogen) atoms. The average Bonchev–Trinajstić information content (AvgIpc) is 1.87. The minimum absolute atomic E-state index is 0.360. The van der Waals surface area contributed by atoms with Gasteiger partial charge in [0.25, 0.3) is 0 Å². The SMILES string of the molecule is CC(=O)OOOC(=O)CCl. The van der Waals surface area contributed by atoms with E-state index in [4.69, 9.17) is 11.6 Å². The monoisotopic (exact) mass is 168 g/mol. The molecule has 0 atom stereocenters. The van der Waals surface area contributed by atoms with Crippen LogP contribution in [0.3, 0.4) is 0 Å². The fourth-order valence-electron chi connectivity index (χ4n) is 0.125. The molecule has 0 rings (SSSR count). The number of carbonyl (C=O) groups is 2. The fraction of sp³-hybridized carbons (Fsp3) is 0.500. The molecule has 0 aromatic carbocycles. The van der Waals surface area contributed by atoms with Crippen molar-refractivity contribution in [3.8, 4) is 0 Å². The van der Waals surface area contributed by atoms with E-state index in [9.17, 15) is 9.59 Å². The summed E-state index contributed by atoms with van der Waals surface area (Å²) in [4.78, 5) is 27.6. The van der Waals surface area contributed by atoms with Crippen LogP contribution in [-0.2, 0) is 24.4 Å². The maximum absolute atomic E-state index is 10.1. The zero-order valence-corrected chi connectivity index (χ0v) is 5.88. The highest BCUT2D eigenvalue weighted by Crippen LogP contribution is 1.86. The Kier molecular flexibility index (Phi) is 4.61. The Morgan fingerprint density at radius 1 is 1.40 bits per heavy atom. The topological polar surface area (TPSA) is 61.8 Å². The molecule has 5 nitrogen and oxygen atoms in total. The zero-order valence-electron chi connectivity index (χ0n) is 5.13. The highest BCUT2D eigenvalue weighted by Gasteiger charge is 2.02. The first kappa shape index (κ1) is 9.19. The molecule has 0 aliphatic rings. The molecule has 0 spiro atoms. The van der Waals surface area contributed by atoms with Crippen molar-refractivity contribution in [3.63, 3.8) is 0 Å². The van der Waals surface area contributed by atoms with Crippen LogP contribution in [-0.4, -0.2) is 17.8 Å². The van der Waals surface area contributed by atoms with E-state index in [0.717, 1.165) is 6.92 Å². The lowest BCUT2D eigenvalue weighted by molar-refractivity contribution is -0.457. The first-order valence-electron chi connectivity index (χ1n) is 2.27. The standard InChI is InChI=1S/C4H5ClO5/c1-3(6)8-10-9-4(7)2-5/h2H2,1H3. The lowest BCUT2D eigenvalue weighted by atomic mass is 10.8. The van der Waals surface area contributed by atoms with Gasteiger partial charge in [0.1, 0.15) is 5.88 Å². The van der Waals surface area contributed by atoms with Crippen LogP contribution in [0.1, 0.15) is 6.92 Å². The second-order valence-electron chi connectivity index (χ2n) is 1.23. The first-order valence-corrected chi connectivity index (χ1v) is 2.81. The maximum Gasteiger partial charge on any atom is 0.361 e. The van der Waals surface area contributed by atoms with Crippen molar-refractivity contribution < 1.29 is 24.4 Å². The Bertz CT molecular complexity index is 134. The van der Waals surface area contributed by atoms with Crippen LogP contribution in [0.25, 0.3) is 0 Å². The molecule has 0 saturated carbocycles. The van der Waals surface area contributed by atoms with Gasteiger partial charge in [0.2, 0.25) is 0 Å². The molecule has 0 aliphatic heterocycles. The summed E-state index contributed by atoms with van der Waals surface area (Å²) in [6.45, 7) is 1.09. The molecule has 0 heterocycles. The number of hydrogen-bond donors (Lipinski definition) is 0. The molecule has 0 aliphatic carbocycles. The number of halogens is 1. The second kappa shape index (κ2) is 5.01. The Labute approximate surface area is 61.7 Å². The number of alkyl halides is 1. The van der Waals surface area contributed by atoms with Crippen molar-refractivity contribution in [1.82, 2.24) is 0 Å². The number of rotatable bonds is 3. The third-order valence-electron chi connectivity index (χ3n) is 0.387. The number of carbonyl (C=O) groups excluding carboxylic acids is 2. The smallest absolute Gasteiger partial charge is 0.260 e. The lowest BCUT2D eigenvalue weighted by Crippen LogP contribution is -2.08. The van der Waals surface area contributed by atoms with E-state index in [0.29, 0.717) is 0 Å². The van der Waals surface area contributed by atoms with Crippen LogP contribution in [0.4, 0.5) is 0 Å². The quantitative estimate of drug-likeness (QED) is 0.342. The van der Waals surface area contributed by atoms with Crippen molar-refractivity contribution in [2.75, 3.05) is 5.88 Å². The summed E-state index contributed by atoms with van der Waals surface area (Å²) in [5, 5.41) is 3.66. The minimum atomic E-state index is -0.831. The van der Waals surface area contributed by atoms with E-state index < -0.39 is 11.9 Å². The van der Waals surface area contributed by atoms with E-state index in [1.165, 1.54) is 0 Å². The third-order valence-corrected chi connectivity index (χ3v) is 0.606. The van der Waals surface area contributed by atoms with Gasteiger partial charge in [-0.1, -0.05) is 0 Å². The molecule has 0 unspecified atom stereocenters. The van der Waals surface area contributed by atoms with Gasteiger partial charge >= 0.3 is 11.9 Å². The van der Waals surface area contributed by atoms with Crippen LogP contribution in [0.2, 0.25) is 0 Å². The van der Waals surface area contributed by atoms with Crippen LogP contribution in [0.5, 0.6) is 0 Å². The minimum Gasteiger partial charge on any atom is -0.260 e. The fourth-order valence-corrected chi connectivity index (χ4v) is 0.170. The van der Waals surface area contributed by atoms with Gasteiger partial charge in [0.15, 0.2) is 0 Å². The van der Waals surface area contributed by atoms with E-state index in [-0.39, 0.29) is 5.88 Å². The van der Waals surface area contributed by atoms with E-state index in [2.05, 4.69) is 14.8 Å². The summed E-state index contributed by atoms with van der Waals surface area (Å²) in [6, 6.07) is 0. The van der Waals surface area contributed by atoms with Crippen molar-refractivity contribution in [2.45, 2.75) is 6.92 Å². The predicted molar refractivity (Wildman–Crippen MR) is 29.7 cm³/mol. The van der Waals surface area contributed by atoms with Crippen molar-refractivity contribution in [2.24, 2.45) is 0 Å². The summed E-state index contributed by atoms with van der Waals surface area (Å²) in [7, 11) is 0. The highest BCUT2D eigenvalue weighted by molar-refractivity contribution is 6.26. The van der Waals surface area contributed by atoms with Crippen LogP contribution >= 0.6 is 11.6 Å². The van der Waals surface area contributed by atoms with Gasteiger partial charge in [-0.3, -0.25) is 9.78 Å². The maximum atomic E-state index is 10.1. The zero-order chi connectivity index (χ0) is 7.98. The summed E-state index contributed by atoms with van der Waals surface area (Å²) in [6.07, 6.45) is 0. The molecule has 0 saturated heterocycles. The Balaban J connectivity index is 3.20. The molecule has 0 radical (unpaired) electrons. The van der Waals surface area contributed by atoms with Crippen LogP contribution < -0.4 is 0 Å². The Morgan fingerprint density at radius 3 is 2.40 bits per heavy atom. The van der Waals surface area contributed by atoms with Gasteiger partial charge in [-0.25, -0.2) is 9.59 Å². The largest absolute Gasteiger partial charge is 0.361 e. The summed E-state index contributed by atoms with van der Waals surface area (Å²) in [5.74, 6) is -1.91. The van der Waals surface area contributed by atoms with Crippen molar-refractivity contribution in [3.05, 3.63) is 0 Å². The highest BCUT2D eigenvalue weighted by atomic mass is 35.5.